The Morgan fingerprint density at radius 1 is 1.40 bits per heavy atom. The third-order valence-electron chi connectivity index (χ3n) is 3.21. The van der Waals surface area contributed by atoms with Gasteiger partial charge in [-0.15, -0.1) is 0 Å². The molecule has 0 spiro atoms. The minimum Gasteiger partial charge on any atom is -0.487 e. The first-order chi connectivity index (χ1) is 9.37. The highest BCUT2D eigenvalue weighted by Crippen LogP contribution is 2.38. The Kier molecular flexibility index (Phi) is 5.02. The van der Waals surface area contributed by atoms with Crippen LogP contribution in [0.4, 0.5) is 8.78 Å². The summed E-state index contributed by atoms with van der Waals surface area (Å²) >= 11 is 3.58. The molecule has 0 aliphatic carbocycles. The first-order valence-electron chi connectivity index (χ1n) is 6.69. The number of fused-ring (bicyclic) bond motifs is 1. The van der Waals surface area contributed by atoms with Gasteiger partial charge < -0.3 is 9.47 Å². The van der Waals surface area contributed by atoms with Gasteiger partial charge in [0, 0.05) is 17.9 Å². The van der Waals surface area contributed by atoms with Crippen molar-refractivity contribution in [3.63, 3.8) is 0 Å². The van der Waals surface area contributed by atoms with E-state index in [1.165, 1.54) is 5.56 Å². The van der Waals surface area contributed by atoms with Gasteiger partial charge in [0.15, 0.2) is 0 Å². The van der Waals surface area contributed by atoms with Gasteiger partial charge in [0.05, 0.1) is 0 Å². The molecule has 0 radical (unpaired) electrons. The van der Waals surface area contributed by atoms with Crippen molar-refractivity contribution >= 4 is 15.9 Å². The molecule has 0 amide bonds. The third-order valence-corrected chi connectivity index (χ3v) is 4.19. The third kappa shape index (κ3) is 4.16. The van der Waals surface area contributed by atoms with Crippen molar-refractivity contribution < 1.29 is 18.3 Å². The summed E-state index contributed by atoms with van der Waals surface area (Å²) in [5, 5.41) is 0. The SMILES string of the molecule is CC1(C)Cc2cc(C(Br)CCOCC(F)F)ccc2O1. The molecule has 20 heavy (non-hydrogen) atoms. The van der Waals surface area contributed by atoms with E-state index in [-0.39, 0.29) is 10.4 Å². The van der Waals surface area contributed by atoms with Gasteiger partial charge in [-0.2, -0.15) is 0 Å². The van der Waals surface area contributed by atoms with Crippen LogP contribution in [0.25, 0.3) is 0 Å². The number of alkyl halides is 3. The van der Waals surface area contributed by atoms with E-state index in [0.717, 1.165) is 17.7 Å². The van der Waals surface area contributed by atoms with E-state index in [9.17, 15) is 8.78 Å². The summed E-state index contributed by atoms with van der Waals surface area (Å²) in [6.07, 6.45) is -0.851. The standard InChI is InChI=1S/C15H19BrF2O2/c1-15(2)8-11-7-10(3-4-13(11)20-15)12(16)5-6-19-9-14(17)18/h3-4,7,12,14H,5-6,8-9H2,1-2H3. The highest BCUT2D eigenvalue weighted by molar-refractivity contribution is 9.09. The largest absolute Gasteiger partial charge is 0.487 e. The van der Waals surface area contributed by atoms with Crippen LogP contribution in [-0.4, -0.2) is 25.2 Å². The molecule has 1 aromatic rings. The molecule has 112 valence electrons. The lowest BCUT2D eigenvalue weighted by atomic mass is 9.99. The summed E-state index contributed by atoms with van der Waals surface area (Å²) in [5.74, 6) is 0.937. The Balaban J connectivity index is 1.90. The Hall–Kier alpha value is -0.680. The minimum atomic E-state index is -2.40. The Labute approximate surface area is 126 Å². The van der Waals surface area contributed by atoms with Crippen molar-refractivity contribution in [1.29, 1.82) is 0 Å². The van der Waals surface area contributed by atoms with Crippen LogP contribution < -0.4 is 4.74 Å². The zero-order valence-electron chi connectivity index (χ0n) is 11.7. The first-order valence-corrected chi connectivity index (χ1v) is 7.61. The molecule has 0 N–H and O–H groups in total. The monoisotopic (exact) mass is 348 g/mol. The van der Waals surface area contributed by atoms with Crippen molar-refractivity contribution in [2.24, 2.45) is 0 Å². The summed E-state index contributed by atoms with van der Waals surface area (Å²) < 4.78 is 34.6. The topological polar surface area (TPSA) is 18.5 Å². The molecule has 1 aromatic carbocycles. The van der Waals surface area contributed by atoms with Gasteiger partial charge in [0.25, 0.3) is 6.43 Å². The van der Waals surface area contributed by atoms with Gasteiger partial charge in [-0.1, -0.05) is 28.1 Å². The summed E-state index contributed by atoms with van der Waals surface area (Å²) in [7, 11) is 0. The van der Waals surface area contributed by atoms with Crippen LogP contribution in [0.2, 0.25) is 0 Å². The number of rotatable bonds is 6. The highest BCUT2D eigenvalue weighted by Gasteiger charge is 2.30. The second-order valence-electron chi connectivity index (χ2n) is 5.63. The second-order valence-corrected chi connectivity index (χ2v) is 6.73. The van der Waals surface area contributed by atoms with Gasteiger partial charge in [-0.3, -0.25) is 0 Å². The number of hydrogen-bond acceptors (Lipinski definition) is 2. The van der Waals surface area contributed by atoms with Crippen LogP contribution in [0.15, 0.2) is 18.2 Å². The summed E-state index contributed by atoms with van der Waals surface area (Å²) in [4.78, 5) is 0.106. The maximum Gasteiger partial charge on any atom is 0.261 e. The number of ether oxygens (including phenoxy) is 2. The van der Waals surface area contributed by atoms with E-state index in [4.69, 9.17) is 9.47 Å². The maximum atomic E-state index is 12.0. The molecule has 0 saturated carbocycles. The Morgan fingerprint density at radius 3 is 2.85 bits per heavy atom. The molecule has 1 unspecified atom stereocenters. The first kappa shape index (κ1) is 15.7. The molecule has 1 aliphatic rings. The van der Waals surface area contributed by atoms with Crippen molar-refractivity contribution in [1.82, 2.24) is 0 Å². The van der Waals surface area contributed by atoms with Gasteiger partial charge in [0.1, 0.15) is 18.0 Å². The Bertz CT molecular complexity index is 463. The lowest BCUT2D eigenvalue weighted by molar-refractivity contribution is 0.0167. The van der Waals surface area contributed by atoms with Crippen molar-refractivity contribution in [3.8, 4) is 5.75 Å². The van der Waals surface area contributed by atoms with E-state index >= 15 is 0 Å². The van der Waals surface area contributed by atoms with Crippen LogP contribution in [0.5, 0.6) is 5.75 Å². The summed E-state index contributed by atoms with van der Waals surface area (Å²) in [5.41, 5.74) is 2.18. The van der Waals surface area contributed by atoms with Crippen LogP contribution in [0, 0.1) is 0 Å². The quantitative estimate of drug-likeness (QED) is 0.556. The van der Waals surface area contributed by atoms with Crippen molar-refractivity contribution in [2.75, 3.05) is 13.2 Å². The fourth-order valence-electron chi connectivity index (χ4n) is 2.35. The van der Waals surface area contributed by atoms with E-state index in [2.05, 4.69) is 35.8 Å². The maximum absolute atomic E-state index is 12.0. The average Bonchev–Trinajstić information content (AvgIpc) is 2.66. The number of halogens is 3. The van der Waals surface area contributed by atoms with Gasteiger partial charge >= 0.3 is 0 Å². The Morgan fingerprint density at radius 2 is 2.15 bits per heavy atom. The molecule has 0 bridgehead atoms. The normalized spacial score (nSPS) is 17.9. The zero-order valence-corrected chi connectivity index (χ0v) is 13.3. The van der Waals surface area contributed by atoms with Crippen LogP contribution in [0.3, 0.4) is 0 Å². The van der Waals surface area contributed by atoms with Gasteiger partial charge in [-0.25, -0.2) is 8.78 Å². The molecule has 1 atom stereocenters. The molecule has 0 fully saturated rings. The van der Waals surface area contributed by atoms with Crippen LogP contribution in [0.1, 0.15) is 36.2 Å². The average molecular weight is 349 g/mol. The predicted octanol–water partition coefficient (Wildman–Crippen LogP) is 4.51. The van der Waals surface area contributed by atoms with E-state index in [0.29, 0.717) is 13.0 Å². The molecule has 2 nitrogen and oxygen atoms in total. The second kappa shape index (κ2) is 6.39. The van der Waals surface area contributed by atoms with Gasteiger partial charge in [-0.05, 0) is 37.5 Å². The molecule has 0 saturated heterocycles. The van der Waals surface area contributed by atoms with E-state index in [1.807, 2.05) is 12.1 Å². The molecular weight excluding hydrogens is 330 g/mol. The molecular formula is C15H19BrF2O2. The van der Waals surface area contributed by atoms with E-state index in [1.54, 1.807) is 0 Å². The van der Waals surface area contributed by atoms with E-state index < -0.39 is 13.0 Å². The minimum absolute atomic E-state index is 0.106. The van der Waals surface area contributed by atoms with Gasteiger partial charge in [0.2, 0.25) is 0 Å². The predicted molar refractivity (Wildman–Crippen MR) is 78.0 cm³/mol. The smallest absolute Gasteiger partial charge is 0.261 e. The molecule has 2 rings (SSSR count). The fourth-order valence-corrected chi connectivity index (χ4v) is 2.82. The lowest BCUT2D eigenvalue weighted by Gasteiger charge is -2.16. The fraction of sp³-hybridized carbons (Fsp3) is 0.600. The van der Waals surface area contributed by atoms with Crippen molar-refractivity contribution in [3.05, 3.63) is 29.3 Å². The van der Waals surface area contributed by atoms with Crippen LogP contribution in [-0.2, 0) is 11.2 Å². The number of hydrogen-bond donors (Lipinski definition) is 0. The molecule has 0 aromatic heterocycles. The van der Waals surface area contributed by atoms with Crippen molar-refractivity contribution in [2.45, 2.75) is 43.5 Å². The summed E-state index contributed by atoms with van der Waals surface area (Å²) in [6, 6.07) is 6.11. The molecule has 1 aliphatic heterocycles. The molecule has 5 heteroatoms. The summed E-state index contributed by atoms with van der Waals surface area (Å²) in [6.45, 7) is 3.96. The zero-order chi connectivity index (χ0) is 14.8. The number of benzene rings is 1. The van der Waals surface area contributed by atoms with Crippen LogP contribution >= 0.6 is 15.9 Å². The highest BCUT2D eigenvalue weighted by atomic mass is 79.9. The lowest BCUT2D eigenvalue weighted by Crippen LogP contribution is -2.24. The molecule has 1 heterocycles.